The molecule has 1 unspecified atom stereocenters. The first kappa shape index (κ1) is 14.4. The van der Waals surface area contributed by atoms with E-state index in [0.717, 1.165) is 38.0 Å². The SMILES string of the molecule is CCN1CCC(NC(C)c2ccc(F)c(F)c2)CC1. The number of hydrogen-bond donors (Lipinski definition) is 1. The molecule has 4 heteroatoms. The van der Waals surface area contributed by atoms with Crippen LogP contribution in [0.25, 0.3) is 0 Å². The lowest BCUT2D eigenvalue weighted by molar-refractivity contribution is 0.200. The molecular weight excluding hydrogens is 246 g/mol. The van der Waals surface area contributed by atoms with Gasteiger partial charge in [0, 0.05) is 12.1 Å². The Kier molecular flexibility index (Phi) is 4.88. The molecule has 1 saturated heterocycles. The third-order valence-corrected chi connectivity index (χ3v) is 3.96. The van der Waals surface area contributed by atoms with Gasteiger partial charge in [-0.05, 0) is 57.1 Å². The van der Waals surface area contributed by atoms with E-state index in [0.29, 0.717) is 6.04 Å². The maximum Gasteiger partial charge on any atom is 0.159 e. The lowest BCUT2D eigenvalue weighted by atomic mass is 10.0. The van der Waals surface area contributed by atoms with Crippen molar-refractivity contribution in [3.05, 3.63) is 35.4 Å². The second kappa shape index (κ2) is 6.44. The fraction of sp³-hybridized carbons (Fsp3) is 0.600. The Morgan fingerprint density at radius 3 is 2.53 bits per heavy atom. The largest absolute Gasteiger partial charge is 0.307 e. The van der Waals surface area contributed by atoms with E-state index in [1.54, 1.807) is 6.07 Å². The molecule has 0 aromatic heterocycles. The van der Waals surface area contributed by atoms with Gasteiger partial charge in [0.1, 0.15) is 0 Å². The fourth-order valence-electron chi connectivity index (χ4n) is 2.65. The van der Waals surface area contributed by atoms with Gasteiger partial charge in [0.25, 0.3) is 0 Å². The lowest BCUT2D eigenvalue weighted by Gasteiger charge is -2.33. The van der Waals surface area contributed by atoms with Crippen molar-refractivity contribution in [3.63, 3.8) is 0 Å². The van der Waals surface area contributed by atoms with Crippen LogP contribution in [0.4, 0.5) is 8.78 Å². The predicted octanol–water partition coefficient (Wildman–Crippen LogP) is 3.10. The molecule has 0 bridgehead atoms. The van der Waals surface area contributed by atoms with Crippen molar-refractivity contribution in [2.24, 2.45) is 0 Å². The quantitative estimate of drug-likeness (QED) is 0.902. The molecule has 1 aromatic rings. The molecule has 2 nitrogen and oxygen atoms in total. The summed E-state index contributed by atoms with van der Waals surface area (Å²) in [5, 5.41) is 3.51. The summed E-state index contributed by atoms with van der Waals surface area (Å²) in [6.45, 7) is 7.50. The Morgan fingerprint density at radius 2 is 1.95 bits per heavy atom. The minimum absolute atomic E-state index is 0.0493. The summed E-state index contributed by atoms with van der Waals surface area (Å²) >= 11 is 0. The number of halogens is 2. The molecule has 0 aliphatic carbocycles. The van der Waals surface area contributed by atoms with Crippen LogP contribution in [0.5, 0.6) is 0 Å². The number of likely N-dealkylation sites (tertiary alicyclic amines) is 1. The monoisotopic (exact) mass is 268 g/mol. The first-order chi connectivity index (χ1) is 9.10. The molecular formula is C15H22F2N2. The van der Waals surface area contributed by atoms with E-state index >= 15 is 0 Å². The van der Waals surface area contributed by atoms with Crippen LogP contribution in [0, 0.1) is 11.6 Å². The molecule has 2 rings (SSSR count). The third kappa shape index (κ3) is 3.74. The molecule has 1 heterocycles. The molecule has 0 saturated carbocycles. The Labute approximate surface area is 113 Å². The van der Waals surface area contributed by atoms with Crippen LogP contribution in [0.2, 0.25) is 0 Å². The number of benzene rings is 1. The van der Waals surface area contributed by atoms with Gasteiger partial charge < -0.3 is 10.2 Å². The molecule has 1 aliphatic heterocycles. The molecule has 19 heavy (non-hydrogen) atoms. The van der Waals surface area contributed by atoms with E-state index in [4.69, 9.17) is 0 Å². The second-order valence-electron chi connectivity index (χ2n) is 5.27. The van der Waals surface area contributed by atoms with Crippen LogP contribution in [-0.4, -0.2) is 30.6 Å². The van der Waals surface area contributed by atoms with Crippen LogP contribution in [-0.2, 0) is 0 Å². The zero-order valence-corrected chi connectivity index (χ0v) is 11.6. The van der Waals surface area contributed by atoms with E-state index in [1.807, 2.05) is 6.92 Å². The molecule has 1 aliphatic rings. The highest BCUT2D eigenvalue weighted by Gasteiger charge is 2.20. The molecule has 0 amide bonds. The molecule has 1 aromatic carbocycles. The van der Waals surface area contributed by atoms with Crippen LogP contribution in [0.3, 0.4) is 0 Å². The molecule has 1 fully saturated rings. The van der Waals surface area contributed by atoms with Crippen molar-refractivity contribution in [2.45, 2.75) is 38.8 Å². The van der Waals surface area contributed by atoms with Gasteiger partial charge in [0.2, 0.25) is 0 Å². The van der Waals surface area contributed by atoms with Crippen LogP contribution < -0.4 is 5.32 Å². The highest BCUT2D eigenvalue weighted by molar-refractivity contribution is 5.20. The second-order valence-corrected chi connectivity index (χ2v) is 5.27. The van der Waals surface area contributed by atoms with Gasteiger partial charge in [-0.25, -0.2) is 8.78 Å². The normalized spacial score (nSPS) is 19.6. The Hall–Kier alpha value is -1.00. The van der Waals surface area contributed by atoms with Gasteiger partial charge >= 0.3 is 0 Å². The minimum Gasteiger partial charge on any atom is -0.307 e. The summed E-state index contributed by atoms with van der Waals surface area (Å²) in [5.74, 6) is -1.56. The van der Waals surface area contributed by atoms with E-state index in [2.05, 4.69) is 17.1 Å². The molecule has 0 radical (unpaired) electrons. The number of nitrogens with one attached hydrogen (secondary N) is 1. The van der Waals surface area contributed by atoms with Gasteiger partial charge in [-0.1, -0.05) is 13.0 Å². The van der Waals surface area contributed by atoms with Crippen molar-refractivity contribution < 1.29 is 8.78 Å². The van der Waals surface area contributed by atoms with Gasteiger partial charge in [-0.15, -0.1) is 0 Å². The van der Waals surface area contributed by atoms with E-state index < -0.39 is 11.6 Å². The molecule has 1 N–H and O–H groups in total. The summed E-state index contributed by atoms with van der Waals surface area (Å²) in [6, 6.07) is 4.65. The van der Waals surface area contributed by atoms with Crippen LogP contribution >= 0.6 is 0 Å². The fourth-order valence-corrected chi connectivity index (χ4v) is 2.65. The number of hydrogen-bond acceptors (Lipinski definition) is 2. The Bertz CT molecular complexity index is 415. The topological polar surface area (TPSA) is 15.3 Å². The molecule has 0 spiro atoms. The third-order valence-electron chi connectivity index (χ3n) is 3.96. The zero-order valence-electron chi connectivity index (χ0n) is 11.6. The standard InChI is InChI=1S/C15H22F2N2/c1-3-19-8-6-13(7-9-19)18-11(2)12-4-5-14(16)15(17)10-12/h4-5,10-11,13,18H,3,6-9H2,1-2H3. The smallest absolute Gasteiger partial charge is 0.159 e. The maximum absolute atomic E-state index is 13.2. The molecule has 1 atom stereocenters. The summed E-state index contributed by atoms with van der Waals surface area (Å²) < 4.78 is 26.1. The highest BCUT2D eigenvalue weighted by atomic mass is 19.2. The Morgan fingerprint density at radius 1 is 1.26 bits per heavy atom. The van der Waals surface area contributed by atoms with Gasteiger partial charge in [0.15, 0.2) is 11.6 Å². The number of rotatable bonds is 4. The highest BCUT2D eigenvalue weighted by Crippen LogP contribution is 2.19. The Balaban J connectivity index is 1.90. The van der Waals surface area contributed by atoms with Crippen molar-refractivity contribution in [1.29, 1.82) is 0 Å². The number of piperidine rings is 1. The number of nitrogens with zero attached hydrogens (tertiary/aromatic N) is 1. The van der Waals surface area contributed by atoms with E-state index in [1.165, 1.54) is 12.1 Å². The predicted molar refractivity (Wildman–Crippen MR) is 73.0 cm³/mol. The van der Waals surface area contributed by atoms with Crippen LogP contribution in [0.15, 0.2) is 18.2 Å². The van der Waals surface area contributed by atoms with Crippen molar-refractivity contribution in [3.8, 4) is 0 Å². The van der Waals surface area contributed by atoms with E-state index in [9.17, 15) is 8.78 Å². The average molecular weight is 268 g/mol. The first-order valence-corrected chi connectivity index (χ1v) is 7.03. The summed E-state index contributed by atoms with van der Waals surface area (Å²) in [7, 11) is 0. The maximum atomic E-state index is 13.2. The summed E-state index contributed by atoms with van der Waals surface area (Å²) in [6.07, 6.45) is 2.23. The molecule has 106 valence electrons. The lowest BCUT2D eigenvalue weighted by Crippen LogP contribution is -2.43. The zero-order chi connectivity index (χ0) is 13.8. The van der Waals surface area contributed by atoms with Crippen molar-refractivity contribution in [2.75, 3.05) is 19.6 Å². The van der Waals surface area contributed by atoms with Crippen molar-refractivity contribution in [1.82, 2.24) is 10.2 Å². The van der Waals surface area contributed by atoms with Crippen molar-refractivity contribution >= 4 is 0 Å². The van der Waals surface area contributed by atoms with Gasteiger partial charge in [0.05, 0.1) is 0 Å². The summed E-state index contributed by atoms with van der Waals surface area (Å²) in [5.41, 5.74) is 0.803. The van der Waals surface area contributed by atoms with E-state index in [-0.39, 0.29) is 6.04 Å². The minimum atomic E-state index is -0.785. The first-order valence-electron chi connectivity index (χ1n) is 7.03. The summed E-state index contributed by atoms with van der Waals surface area (Å²) in [4.78, 5) is 2.43. The average Bonchev–Trinajstić information content (AvgIpc) is 2.42. The van der Waals surface area contributed by atoms with Crippen LogP contribution in [0.1, 0.15) is 38.3 Å². The van der Waals surface area contributed by atoms with Gasteiger partial charge in [-0.3, -0.25) is 0 Å². The van der Waals surface area contributed by atoms with Gasteiger partial charge in [-0.2, -0.15) is 0 Å².